The van der Waals surface area contributed by atoms with Crippen molar-refractivity contribution in [1.29, 1.82) is 0 Å². The molecule has 0 saturated heterocycles. The Morgan fingerprint density at radius 1 is 0.792 bits per heavy atom. The molecule has 0 aliphatic rings. The quantitative estimate of drug-likeness (QED) is 0.151. The fraction of sp³-hybridized carbons (Fsp3) is 1.00. The maximum atomic E-state index is 10.8. The number of rotatable bonds is 14. The third-order valence-corrected chi connectivity index (χ3v) is 3.31. The van der Waals surface area contributed by atoms with Crippen LogP contribution in [0.2, 0.25) is 0 Å². The van der Waals surface area contributed by atoms with Gasteiger partial charge in [0.1, 0.15) is 45.7 Å². The largest absolute Gasteiger partial charge is 0.389 e. The van der Waals surface area contributed by atoms with E-state index in [1.165, 1.54) is 0 Å². The van der Waals surface area contributed by atoms with E-state index in [1.54, 1.807) is 0 Å². The van der Waals surface area contributed by atoms with E-state index in [2.05, 4.69) is 0 Å². The van der Waals surface area contributed by atoms with Crippen molar-refractivity contribution in [1.82, 2.24) is 0 Å². The number of nitro groups is 2. The summed E-state index contributed by atoms with van der Waals surface area (Å²) in [5.41, 5.74) is -4.20. The lowest BCUT2D eigenvalue weighted by Crippen LogP contribution is -2.51. The number of hydrogen-bond acceptors (Lipinski definition) is 11. The molecule has 0 unspecified atom stereocenters. The molecule has 0 aliphatic heterocycles. The highest BCUT2D eigenvalue weighted by Crippen LogP contribution is 2.11. The van der Waals surface area contributed by atoms with Crippen LogP contribution in [0.25, 0.3) is 0 Å². The number of ether oxygens (including phenoxy) is 2. The fourth-order valence-corrected chi connectivity index (χ4v) is 1.44. The third-order valence-electron chi connectivity index (χ3n) is 3.31. The molecule has 0 aromatic carbocycles. The molecule has 13 nitrogen and oxygen atoms in total. The predicted octanol–water partition coefficient (Wildman–Crippen LogP) is -3.62. The lowest BCUT2D eigenvalue weighted by molar-refractivity contribution is -0.582. The lowest BCUT2D eigenvalue weighted by Gasteiger charge is -2.23. The zero-order chi connectivity index (χ0) is 18.8. The van der Waals surface area contributed by atoms with E-state index in [4.69, 9.17) is 29.9 Å². The normalized spacial score (nSPS) is 12.6. The molecule has 0 atom stereocenters. The molecule has 0 aromatic rings. The zero-order valence-corrected chi connectivity index (χ0v) is 12.8. The van der Waals surface area contributed by atoms with Crippen LogP contribution in [-0.2, 0) is 9.47 Å². The van der Waals surface area contributed by atoms with Gasteiger partial charge in [-0.3, -0.25) is 20.2 Å². The van der Waals surface area contributed by atoms with Gasteiger partial charge in [-0.1, -0.05) is 0 Å². The molecule has 0 heterocycles. The van der Waals surface area contributed by atoms with Crippen LogP contribution in [0.1, 0.15) is 0 Å². The summed E-state index contributed by atoms with van der Waals surface area (Å²) in [5, 5.41) is 67.0. The predicted molar refractivity (Wildman–Crippen MR) is 75.4 cm³/mol. The van der Waals surface area contributed by atoms with Gasteiger partial charge in [-0.15, -0.1) is 0 Å². The molecule has 0 fully saturated rings. The van der Waals surface area contributed by atoms with Crippen LogP contribution >= 0.6 is 0 Å². The minimum Gasteiger partial charge on any atom is -0.389 e. The van der Waals surface area contributed by atoms with Crippen molar-refractivity contribution < 1.29 is 44.9 Å². The van der Waals surface area contributed by atoms with Crippen molar-refractivity contribution in [3.05, 3.63) is 20.2 Å². The van der Waals surface area contributed by atoms with E-state index < -0.39 is 79.9 Å². The SMILES string of the molecule is O=[N+]([O-])C(CO)(CO)COCC(O)COCC(CO)(CO)[N+](=O)[O-]. The summed E-state index contributed by atoms with van der Waals surface area (Å²) >= 11 is 0. The van der Waals surface area contributed by atoms with Crippen molar-refractivity contribution in [3.63, 3.8) is 0 Å². The standard InChI is InChI=1S/C11H22N2O11/c14-3-10(4-15,12(19)20)7-23-1-9(18)2-24-8-11(5-16,6-17)13(21)22/h9,14-18H,1-8H2. The average Bonchev–Trinajstić information content (AvgIpc) is 2.55. The van der Waals surface area contributed by atoms with Gasteiger partial charge in [0, 0.05) is 9.85 Å². The Kier molecular flexibility index (Phi) is 9.76. The monoisotopic (exact) mass is 358 g/mol. The van der Waals surface area contributed by atoms with Gasteiger partial charge >= 0.3 is 0 Å². The summed E-state index contributed by atoms with van der Waals surface area (Å²) in [7, 11) is 0. The molecule has 13 heteroatoms. The summed E-state index contributed by atoms with van der Waals surface area (Å²) < 4.78 is 9.73. The molecule has 0 spiro atoms. The smallest absolute Gasteiger partial charge is 0.289 e. The number of aliphatic hydroxyl groups is 5. The van der Waals surface area contributed by atoms with E-state index in [0.29, 0.717) is 0 Å². The summed E-state index contributed by atoms with van der Waals surface area (Å²) in [6, 6.07) is 0. The van der Waals surface area contributed by atoms with E-state index >= 15 is 0 Å². The maximum absolute atomic E-state index is 10.8. The summed E-state index contributed by atoms with van der Waals surface area (Å²) in [5.74, 6) is 0. The Morgan fingerprint density at radius 2 is 1.08 bits per heavy atom. The molecule has 0 bridgehead atoms. The second kappa shape index (κ2) is 10.4. The Balaban J connectivity index is 4.30. The number of hydrogen-bond donors (Lipinski definition) is 5. The molecule has 0 aromatic heterocycles. The second-order valence-electron chi connectivity index (χ2n) is 5.28. The van der Waals surface area contributed by atoms with Crippen molar-refractivity contribution in [2.45, 2.75) is 17.2 Å². The first-order valence-corrected chi connectivity index (χ1v) is 6.79. The van der Waals surface area contributed by atoms with Crippen molar-refractivity contribution in [2.75, 3.05) is 52.9 Å². The Bertz CT molecular complexity index is 361. The van der Waals surface area contributed by atoms with Gasteiger partial charge in [0.2, 0.25) is 0 Å². The van der Waals surface area contributed by atoms with Crippen LogP contribution in [0.3, 0.4) is 0 Å². The van der Waals surface area contributed by atoms with Gasteiger partial charge in [-0.25, -0.2) is 0 Å². The number of nitrogens with zero attached hydrogens (tertiary/aromatic N) is 2. The molecule has 24 heavy (non-hydrogen) atoms. The zero-order valence-electron chi connectivity index (χ0n) is 12.8. The summed E-state index contributed by atoms with van der Waals surface area (Å²) in [4.78, 5) is 19.8. The van der Waals surface area contributed by atoms with Crippen molar-refractivity contribution >= 4 is 0 Å². The molecular weight excluding hydrogens is 336 g/mol. The highest BCUT2D eigenvalue weighted by molar-refractivity contribution is 4.78. The van der Waals surface area contributed by atoms with Crippen molar-refractivity contribution in [3.8, 4) is 0 Å². The van der Waals surface area contributed by atoms with Gasteiger partial charge in [0.05, 0.1) is 13.2 Å². The van der Waals surface area contributed by atoms with Gasteiger partial charge in [0.15, 0.2) is 0 Å². The van der Waals surface area contributed by atoms with Gasteiger partial charge in [0.25, 0.3) is 11.1 Å². The topological polar surface area (TPSA) is 206 Å². The van der Waals surface area contributed by atoms with Gasteiger partial charge in [-0.05, 0) is 0 Å². The first-order chi connectivity index (χ1) is 11.2. The molecule has 0 rings (SSSR count). The van der Waals surface area contributed by atoms with E-state index in [1.807, 2.05) is 0 Å². The average molecular weight is 358 g/mol. The molecule has 0 amide bonds. The van der Waals surface area contributed by atoms with Crippen LogP contribution < -0.4 is 0 Å². The maximum Gasteiger partial charge on any atom is 0.289 e. The van der Waals surface area contributed by atoms with E-state index in [-0.39, 0.29) is 0 Å². The molecule has 142 valence electrons. The van der Waals surface area contributed by atoms with Gasteiger partial charge < -0.3 is 35.0 Å². The Hall–Kier alpha value is -1.48. The molecule has 5 N–H and O–H groups in total. The highest BCUT2D eigenvalue weighted by atomic mass is 16.6. The molecular formula is C11H22N2O11. The Labute approximate surface area is 136 Å². The molecule has 0 radical (unpaired) electrons. The van der Waals surface area contributed by atoms with Crippen LogP contribution in [0, 0.1) is 20.2 Å². The molecule has 0 saturated carbocycles. The lowest BCUT2D eigenvalue weighted by atomic mass is 10.1. The third kappa shape index (κ3) is 5.86. The highest BCUT2D eigenvalue weighted by Gasteiger charge is 2.43. The minimum atomic E-state index is -2.10. The second-order valence-corrected chi connectivity index (χ2v) is 5.28. The van der Waals surface area contributed by atoms with Gasteiger partial charge in [-0.2, -0.15) is 0 Å². The number of aliphatic hydroxyl groups excluding tert-OH is 5. The Morgan fingerprint density at radius 3 is 1.29 bits per heavy atom. The van der Waals surface area contributed by atoms with Crippen molar-refractivity contribution in [2.24, 2.45) is 0 Å². The first-order valence-electron chi connectivity index (χ1n) is 6.79. The first kappa shape index (κ1) is 22.5. The van der Waals surface area contributed by atoms with Crippen LogP contribution in [0.4, 0.5) is 0 Å². The van der Waals surface area contributed by atoms with E-state index in [0.717, 1.165) is 0 Å². The van der Waals surface area contributed by atoms with Crippen LogP contribution in [-0.4, -0.2) is 105 Å². The summed E-state index contributed by atoms with van der Waals surface area (Å²) in [6.45, 7) is -6.14. The van der Waals surface area contributed by atoms with E-state index in [9.17, 15) is 25.3 Å². The van der Waals surface area contributed by atoms with Crippen LogP contribution in [0.15, 0.2) is 0 Å². The minimum absolute atomic E-state index is 0.459. The fourth-order valence-electron chi connectivity index (χ4n) is 1.44. The molecule has 0 aliphatic carbocycles. The summed E-state index contributed by atoms with van der Waals surface area (Å²) in [6.07, 6.45) is -1.31. The van der Waals surface area contributed by atoms with Crippen LogP contribution in [0.5, 0.6) is 0 Å².